The molecule has 1 nitrogen and oxygen atoms in total. The van der Waals surface area contributed by atoms with Crippen molar-refractivity contribution in [3.8, 4) is 0 Å². The van der Waals surface area contributed by atoms with Gasteiger partial charge in [0.2, 0.25) is 0 Å². The van der Waals surface area contributed by atoms with Gasteiger partial charge in [0.05, 0.1) is 0 Å². The van der Waals surface area contributed by atoms with Crippen molar-refractivity contribution in [1.29, 1.82) is 0 Å². The van der Waals surface area contributed by atoms with Gasteiger partial charge in [0, 0.05) is 12.6 Å². The van der Waals surface area contributed by atoms with Crippen LogP contribution >= 0.6 is 0 Å². The average molecular weight is 155 g/mol. The summed E-state index contributed by atoms with van der Waals surface area (Å²) < 4.78 is 0. The van der Waals surface area contributed by atoms with Gasteiger partial charge in [0.1, 0.15) is 0 Å². The fraction of sp³-hybridized carbons (Fsp3) is 0.800. The van der Waals surface area contributed by atoms with Crippen LogP contribution in [0.5, 0.6) is 0 Å². The van der Waals surface area contributed by atoms with Crippen LogP contribution in [0.3, 0.4) is 0 Å². The van der Waals surface area contributed by atoms with E-state index in [1.165, 1.54) is 0 Å². The van der Waals surface area contributed by atoms with Crippen LogP contribution in [0.1, 0.15) is 27.7 Å². The van der Waals surface area contributed by atoms with Gasteiger partial charge in [0.25, 0.3) is 0 Å². The van der Waals surface area contributed by atoms with Gasteiger partial charge in [-0.1, -0.05) is 26.0 Å². The second-order valence-electron chi connectivity index (χ2n) is 3.71. The first-order valence-electron chi connectivity index (χ1n) is 4.41. The van der Waals surface area contributed by atoms with Gasteiger partial charge in [-0.15, -0.1) is 0 Å². The van der Waals surface area contributed by atoms with Gasteiger partial charge in [0.15, 0.2) is 0 Å². The molecule has 0 radical (unpaired) electrons. The number of nitrogens with zero attached hydrogens (tertiary/aromatic N) is 1. The largest absolute Gasteiger partial charge is 0.300 e. The molecule has 0 spiro atoms. The number of hydrogen-bond donors (Lipinski definition) is 0. The third kappa shape index (κ3) is 6.11. The summed E-state index contributed by atoms with van der Waals surface area (Å²) in [6.45, 7) is 9.89. The molecule has 0 aromatic heterocycles. The van der Waals surface area contributed by atoms with E-state index in [1.54, 1.807) is 0 Å². The second-order valence-corrected chi connectivity index (χ2v) is 3.71. The molecule has 1 heteroatoms. The van der Waals surface area contributed by atoms with Gasteiger partial charge >= 0.3 is 0 Å². The fourth-order valence-electron chi connectivity index (χ4n) is 0.710. The molecule has 0 unspecified atom stereocenters. The van der Waals surface area contributed by atoms with Crippen LogP contribution in [0.4, 0.5) is 0 Å². The average Bonchev–Trinajstić information content (AvgIpc) is 1.86. The lowest BCUT2D eigenvalue weighted by Gasteiger charge is -2.18. The van der Waals surface area contributed by atoms with Crippen molar-refractivity contribution in [2.75, 3.05) is 13.6 Å². The standard InChI is InChI=1S/C10H21N/c1-9(2)7-6-8-11(5)10(3)4/h6-7,9-10H,8H2,1-5H3/b7-6-. The topological polar surface area (TPSA) is 3.24 Å². The normalized spacial score (nSPS) is 12.7. The lowest BCUT2D eigenvalue weighted by molar-refractivity contribution is 0.303. The summed E-state index contributed by atoms with van der Waals surface area (Å²) in [6, 6.07) is 0.645. The van der Waals surface area contributed by atoms with Gasteiger partial charge < -0.3 is 4.90 Å². The molecule has 0 aromatic rings. The Labute approximate surface area is 71.1 Å². The third-order valence-electron chi connectivity index (χ3n) is 1.80. The van der Waals surface area contributed by atoms with Crippen molar-refractivity contribution in [1.82, 2.24) is 4.90 Å². The van der Waals surface area contributed by atoms with E-state index in [4.69, 9.17) is 0 Å². The molecule has 0 aliphatic heterocycles. The molecule has 0 aromatic carbocycles. The predicted molar refractivity (Wildman–Crippen MR) is 51.7 cm³/mol. The first kappa shape index (κ1) is 10.7. The van der Waals surface area contributed by atoms with Crippen LogP contribution in [0.25, 0.3) is 0 Å². The van der Waals surface area contributed by atoms with Crippen molar-refractivity contribution in [2.24, 2.45) is 5.92 Å². The van der Waals surface area contributed by atoms with E-state index >= 15 is 0 Å². The molecular formula is C10H21N. The Hall–Kier alpha value is -0.300. The molecule has 0 fully saturated rings. The predicted octanol–water partition coefficient (Wildman–Crippen LogP) is 2.54. The van der Waals surface area contributed by atoms with Crippen LogP contribution < -0.4 is 0 Å². The van der Waals surface area contributed by atoms with E-state index in [0.29, 0.717) is 12.0 Å². The summed E-state index contributed by atoms with van der Waals surface area (Å²) in [7, 11) is 2.15. The molecule has 66 valence electrons. The van der Waals surface area contributed by atoms with Crippen molar-refractivity contribution in [2.45, 2.75) is 33.7 Å². The summed E-state index contributed by atoms with van der Waals surface area (Å²) >= 11 is 0. The molecule has 0 amide bonds. The zero-order valence-corrected chi connectivity index (χ0v) is 8.46. The molecule has 0 saturated carbocycles. The summed E-state index contributed by atoms with van der Waals surface area (Å²) in [6.07, 6.45) is 4.49. The lowest BCUT2D eigenvalue weighted by atomic mass is 10.2. The van der Waals surface area contributed by atoms with Crippen molar-refractivity contribution < 1.29 is 0 Å². The Morgan fingerprint density at radius 3 is 2.09 bits per heavy atom. The lowest BCUT2D eigenvalue weighted by Crippen LogP contribution is -2.26. The SMILES string of the molecule is CC(C)/C=C\CN(C)C(C)C. The summed E-state index contributed by atoms with van der Waals surface area (Å²) in [5.74, 6) is 0.676. The highest BCUT2D eigenvalue weighted by atomic mass is 15.1. The van der Waals surface area contributed by atoms with Crippen LogP contribution in [-0.4, -0.2) is 24.5 Å². The Bertz CT molecular complexity index is 114. The zero-order valence-electron chi connectivity index (χ0n) is 8.46. The number of allylic oxidation sites excluding steroid dienone is 1. The molecule has 0 N–H and O–H groups in total. The van der Waals surface area contributed by atoms with Crippen molar-refractivity contribution in [3.63, 3.8) is 0 Å². The van der Waals surface area contributed by atoms with Crippen LogP contribution in [-0.2, 0) is 0 Å². The molecule has 0 bridgehead atoms. The van der Waals surface area contributed by atoms with Crippen LogP contribution in [0.2, 0.25) is 0 Å². The summed E-state index contributed by atoms with van der Waals surface area (Å²) in [5.41, 5.74) is 0. The molecule has 0 saturated heterocycles. The Balaban J connectivity index is 3.53. The molecule has 0 aliphatic rings. The highest BCUT2D eigenvalue weighted by molar-refractivity contribution is 4.87. The van der Waals surface area contributed by atoms with E-state index in [1.807, 2.05) is 0 Å². The molecular weight excluding hydrogens is 134 g/mol. The van der Waals surface area contributed by atoms with Gasteiger partial charge in [-0.05, 0) is 26.8 Å². The number of hydrogen-bond acceptors (Lipinski definition) is 1. The van der Waals surface area contributed by atoms with Crippen LogP contribution in [0.15, 0.2) is 12.2 Å². The van der Waals surface area contributed by atoms with Crippen molar-refractivity contribution >= 4 is 0 Å². The smallest absolute Gasteiger partial charge is 0.0162 e. The molecule has 0 aliphatic carbocycles. The maximum Gasteiger partial charge on any atom is 0.0162 e. The first-order chi connectivity index (χ1) is 5.04. The second kappa shape index (κ2) is 5.36. The van der Waals surface area contributed by atoms with E-state index in [0.717, 1.165) is 6.54 Å². The van der Waals surface area contributed by atoms with E-state index in [2.05, 4.69) is 51.8 Å². The summed E-state index contributed by atoms with van der Waals surface area (Å²) in [5, 5.41) is 0. The van der Waals surface area contributed by atoms with E-state index < -0.39 is 0 Å². The van der Waals surface area contributed by atoms with Crippen LogP contribution in [0, 0.1) is 5.92 Å². The maximum absolute atomic E-state index is 2.32. The first-order valence-corrected chi connectivity index (χ1v) is 4.41. The molecule has 11 heavy (non-hydrogen) atoms. The zero-order chi connectivity index (χ0) is 8.85. The Kier molecular flexibility index (Phi) is 5.22. The minimum absolute atomic E-state index is 0.645. The molecule has 0 rings (SSSR count). The number of rotatable bonds is 4. The maximum atomic E-state index is 2.32. The third-order valence-corrected chi connectivity index (χ3v) is 1.80. The Morgan fingerprint density at radius 1 is 1.18 bits per heavy atom. The monoisotopic (exact) mass is 155 g/mol. The molecule has 0 heterocycles. The fourth-order valence-corrected chi connectivity index (χ4v) is 0.710. The van der Waals surface area contributed by atoms with Gasteiger partial charge in [-0.2, -0.15) is 0 Å². The van der Waals surface area contributed by atoms with E-state index in [-0.39, 0.29) is 0 Å². The van der Waals surface area contributed by atoms with Gasteiger partial charge in [-0.3, -0.25) is 0 Å². The minimum Gasteiger partial charge on any atom is -0.300 e. The van der Waals surface area contributed by atoms with E-state index in [9.17, 15) is 0 Å². The minimum atomic E-state index is 0.645. The highest BCUT2D eigenvalue weighted by Crippen LogP contribution is 1.96. The Morgan fingerprint density at radius 2 is 1.73 bits per heavy atom. The highest BCUT2D eigenvalue weighted by Gasteiger charge is 1.98. The van der Waals surface area contributed by atoms with Gasteiger partial charge in [-0.25, -0.2) is 0 Å². The quantitative estimate of drug-likeness (QED) is 0.564. The summed E-state index contributed by atoms with van der Waals surface area (Å²) in [4.78, 5) is 2.32. The number of likely N-dealkylation sites (N-methyl/N-ethyl adjacent to an activating group) is 1. The van der Waals surface area contributed by atoms with Crippen molar-refractivity contribution in [3.05, 3.63) is 12.2 Å². The molecule has 0 atom stereocenters.